The van der Waals surface area contributed by atoms with Gasteiger partial charge < -0.3 is 10.4 Å². The van der Waals surface area contributed by atoms with Crippen molar-refractivity contribution in [2.24, 2.45) is 0 Å². The number of nitrogens with one attached hydrogen (secondary N) is 2. The van der Waals surface area contributed by atoms with Crippen molar-refractivity contribution < 1.29 is 14.3 Å². The fourth-order valence-electron chi connectivity index (χ4n) is 2.61. The van der Waals surface area contributed by atoms with Crippen LogP contribution in [0.25, 0.3) is 11.3 Å². The molecule has 0 aliphatic heterocycles. The van der Waals surface area contributed by atoms with Crippen LogP contribution in [0.5, 0.6) is 5.75 Å². The molecule has 0 bridgehead atoms. The number of phenols is 1. The first-order valence-electron chi connectivity index (χ1n) is 7.92. The lowest BCUT2D eigenvalue weighted by atomic mass is 10.1. The Labute approximate surface area is 144 Å². The van der Waals surface area contributed by atoms with E-state index in [1.165, 1.54) is 18.2 Å². The smallest absolute Gasteiger partial charge is 0.269 e. The Bertz CT molecular complexity index is 877. The van der Waals surface area contributed by atoms with Gasteiger partial charge in [-0.05, 0) is 43.2 Å². The molecule has 1 amide bonds. The predicted molar refractivity (Wildman–Crippen MR) is 92.7 cm³/mol. The molecule has 3 aromatic rings. The molecule has 1 unspecified atom stereocenters. The Kier molecular flexibility index (Phi) is 4.79. The highest BCUT2D eigenvalue weighted by Gasteiger charge is 2.15. The first-order valence-corrected chi connectivity index (χ1v) is 7.92. The van der Waals surface area contributed by atoms with Crippen LogP contribution in [-0.2, 0) is 6.42 Å². The summed E-state index contributed by atoms with van der Waals surface area (Å²) >= 11 is 0. The monoisotopic (exact) mass is 339 g/mol. The average molecular weight is 339 g/mol. The summed E-state index contributed by atoms with van der Waals surface area (Å²) in [7, 11) is 0. The van der Waals surface area contributed by atoms with E-state index in [-0.39, 0.29) is 29.0 Å². The zero-order chi connectivity index (χ0) is 17.8. The second-order valence-corrected chi connectivity index (χ2v) is 5.89. The van der Waals surface area contributed by atoms with Gasteiger partial charge in [-0.3, -0.25) is 9.89 Å². The van der Waals surface area contributed by atoms with Crippen LogP contribution < -0.4 is 5.32 Å². The Morgan fingerprint density at radius 2 is 2.00 bits per heavy atom. The number of aromatic hydroxyl groups is 1. The summed E-state index contributed by atoms with van der Waals surface area (Å²) in [4.78, 5) is 12.3. The van der Waals surface area contributed by atoms with Gasteiger partial charge in [0.05, 0.1) is 5.69 Å². The number of carbonyl (C=O) groups excluding carboxylic acids is 1. The van der Waals surface area contributed by atoms with Crippen LogP contribution in [0.15, 0.2) is 54.6 Å². The van der Waals surface area contributed by atoms with Crippen LogP contribution in [0.3, 0.4) is 0 Å². The van der Waals surface area contributed by atoms with Crippen molar-refractivity contribution in [1.82, 2.24) is 15.5 Å². The van der Waals surface area contributed by atoms with Gasteiger partial charge >= 0.3 is 0 Å². The van der Waals surface area contributed by atoms with Crippen LogP contribution in [-0.4, -0.2) is 27.3 Å². The summed E-state index contributed by atoms with van der Waals surface area (Å²) in [5.41, 5.74) is 1.91. The molecule has 0 aliphatic carbocycles. The van der Waals surface area contributed by atoms with Crippen LogP contribution in [0.1, 0.15) is 23.0 Å². The zero-order valence-electron chi connectivity index (χ0n) is 13.7. The van der Waals surface area contributed by atoms with Gasteiger partial charge in [0.25, 0.3) is 5.91 Å². The molecule has 5 nitrogen and oxygen atoms in total. The summed E-state index contributed by atoms with van der Waals surface area (Å²) in [5.74, 6) is -0.895. The van der Waals surface area contributed by atoms with Crippen molar-refractivity contribution in [3.63, 3.8) is 0 Å². The quantitative estimate of drug-likeness (QED) is 0.667. The number of phenolic OH excluding ortho intramolecular Hbond substituents is 1. The summed E-state index contributed by atoms with van der Waals surface area (Å²) in [5, 5.41) is 19.3. The lowest BCUT2D eigenvalue weighted by Crippen LogP contribution is -2.34. The fraction of sp³-hybridized carbons (Fsp3) is 0.158. The van der Waals surface area contributed by atoms with E-state index < -0.39 is 5.82 Å². The van der Waals surface area contributed by atoms with E-state index in [2.05, 4.69) is 15.5 Å². The van der Waals surface area contributed by atoms with Crippen LogP contribution in [0.2, 0.25) is 0 Å². The number of carbonyl (C=O) groups is 1. The van der Waals surface area contributed by atoms with Gasteiger partial charge in [-0.1, -0.05) is 30.3 Å². The number of halogens is 1. The molecule has 0 saturated heterocycles. The van der Waals surface area contributed by atoms with E-state index in [0.717, 1.165) is 11.6 Å². The summed E-state index contributed by atoms with van der Waals surface area (Å²) in [6, 6.07) is 14.9. The molecule has 6 heteroatoms. The number of nitrogens with zero attached hydrogens (tertiary/aromatic N) is 1. The maximum Gasteiger partial charge on any atom is 0.269 e. The van der Waals surface area contributed by atoms with Crippen molar-refractivity contribution in [2.75, 3.05) is 0 Å². The van der Waals surface area contributed by atoms with Gasteiger partial charge in [0, 0.05) is 11.6 Å². The van der Waals surface area contributed by atoms with E-state index in [1.807, 2.05) is 37.3 Å². The number of H-pyrrole nitrogens is 1. The number of hydrogen-bond donors (Lipinski definition) is 3. The maximum atomic E-state index is 13.3. The van der Waals surface area contributed by atoms with Crippen molar-refractivity contribution in [2.45, 2.75) is 19.4 Å². The SMILES string of the molecule is CC(Cc1ccccc1)NC(=O)c1cc(-c2cc(F)ccc2O)n[nH]1. The minimum atomic E-state index is -0.488. The van der Waals surface area contributed by atoms with Gasteiger partial charge in [-0.2, -0.15) is 5.10 Å². The lowest BCUT2D eigenvalue weighted by molar-refractivity contribution is 0.0935. The topological polar surface area (TPSA) is 78.0 Å². The number of aromatic nitrogens is 2. The Morgan fingerprint density at radius 3 is 2.76 bits per heavy atom. The first-order chi connectivity index (χ1) is 12.0. The third-order valence-electron chi connectivity index (χ3n) is 3.82. The number of amides is 1. The Morgan fingerprint density at radius 1 is 1.24 bits per heavy atom. The fourth-order valence-corrected chi connectivity index (χ4v) is 2.61. The Balaban J connectivity index is 1.69. The third kappa shape index (κ3) is 4.03. The van der Waals surface area contributed by atoms with Gasteiger partial charge in [0.15, 0.2) is 0 Å². The second kappa shape index (κ2) is 7.17. The van der Waals surface area contributed by atoms with E-state index in [4.69, 9.17) is 0 Å². The highest BCUT2D eigenvalue weighted by atomic mass is 19.1. The normalized spacial score (nSPS) is 11.9. The molecule has 1 atom stereocenters. The predicted octanol–water partition coefficient (Wildman–Crippen LogP) is 3.28. The van der Waals surface area contributed by atoms with Crippen LogP contribution in [0, 0.1) is 5.82 Å². The number of rotatable bonds is 5. The van der Waals surface area contributed by atoms with Gasteiger partial charge in [0.2, 0.25) is 0 Å². The van der Waals surface area contributed by atoms with Gasteiger partial charge in [-0.25, -0.2) is 4.39 Å². The van der Waals surface area contributed by atoms with Gasteiger partial charge in [-0.15, -0.1) is 0 Å². The summed E-state index contributed by atoms with van der Waals surface area (Å²) in [6.45, 7) is 1.92. The minimum Gasteiger partial charge on any atom is -0.507 e. The van der Waals surface area contributed by atoms with Crippen molar-refractivity contribution >= 4 is 5.91 Å². The standard InChI is InChI=1S/C19H18FN3O2/c1-12(9-13-5-3-2-4-6-13)21-19(25)17-11-16(22-23-17)15-10-14(20)7-8-18(15)24/h2-8,10-12,24H,9H2,1H3,(H,21,25)(H,22,23). The molecule has 128 valence electrons. The zero-order valence-corrected chi connectivity index (χ0v) is 13.7. The highest BCUT2D eigenvalue weighted by molar-refractivity contribution is 5.93. The molecule has 25 heavy (non-hydrogen) atoms. The summed E-state index contributed by atoms with van der Waals surface area (Å²) in [6.07, 6.45) is 0.707. The molecule has 0 spiro atoms. The highest BCUT2D eigenvalue weighted by Crippen LogP contribution is 2.28. The third-order valence-corrected chi connectivity index (χ3v) is 3.82. The minimum absolute atomic E-state index is 0.0655. The maximum absolute atomic E-state index is 13.3. The molecule has 1 heterocycles. The molecule has 3 rings (SSSR count). The lowest BCUT2D eigenvalue weighted by Gasteiger charge is -2.13. The molecule has 0 aliphatic rings. The van der Waals surface area contributed by atoms with Gasteiger partial charge in [0.1, 0.15) is 17.3 Å². The van der Waals surface area contributed by atoms with Crippen molar-refractivity contribution in [3.8, 4) is 17.0 Å². The molecule has 3 N–H and O–H groups in total. The number of hydrogen-bond acceptors (Lipinski definition) is 3. The molecular weight excluding hydrogens is 321 g/mol. The van der Waals surface area contributed by atoms with Crippen molar-refractivity contribution in [3.05, 3.63) is 71.7 Å². The molecule has 0 radical (unpaired) electrons. The summed E-state index contributed by atoms with van der Waals surface area (Å²) < 4.78 is 13.3. The van der Waals surface area contributed by atoms with Crippen LogP contribution >= 0.6 is 0 Å². The molecule has 2 aromatic carbocycles. The number of benzene rings is 2. The van der Waals surface area contributed by atoms with E-state index >= 15 is 0 Å². The van der Waals surface area contributed by atoms with E-state index in [1.54, 1.807) is 0 Å². The molecule has 0 fully saturated rings. The first kappa shape index (κ1) is 16.7. The molecular formula is C19H18FN3O2. The number of aromatic amines is 1. The van der Waals surface area contributed by atoms with Crippen LogP contribution in [0.4, 0.5) is 4.39 Å². The molecule has 0 saturated carbocycles. The van der Waals surface area contributed by atoms with E-state index in [9.17, 15) is 14.3 Å². The Hall–Kier alpha value is -3.15. The average Bonchev–Trinajstić information content (AvgIpc) is 3.08. The molecule has 1 aromatic heterocycles. The van der Waals surface area contributed by atoms with Crippen molar-refractivity contribution in [1.29, 1.82) is 0 Å². The second-order valence-electron chi connectivity index (χ2n) is 5.89. The van der Waals surface area contributed by atoms with E-state index in [0.29, 0.717) is 12.1 Å². The largest absolute Gasteiger partial charge is 0.507 e.